The highest BCUT2D eigenvalue weighted by Gasteiger charge is 2.31. The predicted octanol–water partition coefficient (Wildman–Crippen LogP) is -0.184. The number of carbonyl (C=O) groups is 1. The van der Waals surface area contributed by atoms with Crippen LogP contribution in [0.3, 0.4) is 0 Å². The van der Waals surface area contributed by atoms with Gasteiger partial charge in [-0.25, -0.2) is 8.42 Å². The van der Waals surface area contributed by atoms with Gasteiger partial charge in [-0.3, -0.25) is 4.79 Å². The fourth-order valence-corrected chi connectivity index (χ4v) is 3.03. The van der Waals surface area contributed by atoms with Crippen molar-refractivity contribution in [2.75, 3.05) is 14.2 Å². The first-order valence-electron chi connectivity index (χ1n) is 5.88. The van der Waals surface area contributed by atoms with E-state index in [1.54, 1.807) is 0 Å². The number of carboxylic acids is 1. The molecular formula is C12H17NO7S. The number of benzene rings is 1. The first-order valence-corrected chi connectivity index (χ1v) is 7.36. The lowest BCUT2D eigenvalue weighted by atomic mass is 10.2. The van der Waals surface area contributed by atoms with E-state index in [-0.39, 0.29) is 16.4 Å². The van der Waals surface area contributed by atoms with Crippen molar-refractivity contribution in [1.82, 2.24) is 4.72 Å². The number of ether oxygens (including phenoxy) is 2. The second-order valence-electron chi connectivity index (χ2n) is 4.19. The molecule has 21 heavy (non-hydrogen) atoms. The molecule has 0 aliphatic heterocycles. The molecule has 0 spiro atoms. The third-order valence-corrected chi connectivity index (χ3v) is 4.15. The Bertz CT molecular complexity index is 612. The maximum atomic E-state index is 12.3. The van der Waals surface area contributed by atoms with Gasteiger partial charge in [-0.15, -0.1) is 0 Å². The minimum Gasteiger partial charge on any atom is -0.497 e. The van der Waals surface area contributed by atoms with E-state index in [0.29, 0.717) is 0 Å². The molecule has 0 aliphatic rings. The molecule has 0 aliphatic carbocycles. The van der Waals surface area contributed by atoms with Gasteiger partial charge < -0.3 is 19.7 Å². The topological polar surface area (TPSA) is 122 Å². The van der Waals surface area contributed by atoms with Crippen molar-refractivity contribution in [3.05, 3.63) is 18.2 Å². The lowest BCUT2D eigenvalue weighted by Gasteiger charge is -2.18. The van der Waals surface area contributed by atoms with E-state index >= 15 is 0 Å². The molecule has 0 bridgehead atoms. The lowest BCUT2D eigenvalue weighted by molar-refractivity contribution is -0.141. The van der Waals surface area contributed by atoms with E-state index in [1.807, 2.05) is 4.72 Å². The number of rotatable bonds is 7. The summed E-state index contributed by atoms with van der Waals surface area (Å²) in [5.74, 6) is -1.20. The van der Waals surface area contributed by atoms with Gasteiger partial charge in [0.15, 0.2) is 0 Å². The van der Waals surface area contributed by atoms with Crippen LogP contribution in [0.2, 0.25) is 0 Å². The molecule has 9 heteroatoms. The smallest absolute Gasteiger partial charge is 0.324 e. The number of aliphatic hydroxyl groups is 1. The molecule has 0 radical (unpaired) electrons. The number of methoxy groups -OCH3 is 2. The molecule has 0 amide bonds. The second kappa shape index (κ2) is 6.74. The largest absolute Gasteiger partial charge is 0.497 e. The van der Waals surface area contributed by atoms with Gasteiger partial charge in [0, 0.05) is 6.07 Å². The first-order chi connectivity index (χ1) is 9.72. The van der Waals surface area contributed by atoms with Crippen LogP contribution in [-0.4, -0.2) is 51.0 Å². The van der Waals surface area contributed by atoms with E-state index in [4.69, 9.17) is 14.6 Å². The van der Waals surface area contributed by atoms with Crippen molar-refractivity contribution in [2.24, 2.45) is 0 Å². The fourth-order valence-electron chi connectivity index (χ4n) is 1.58. The van der Waals surface area contributed by atoms with Crippen molar-refractivity contribution >= 4 is 16.0 Å². The van der Waals surface area contributed by atoms with E-state index in [9.17, 15) is 18.3 Å². The molecule has 2 atom stereocenters. The van der Waals surface area contributed by atoms with Gasteiger partial charge in [0.2, 0.25) is 10.0 Å². The summed E-state index contributed by atoms with van der Waals surface area (Å²) in [5, 5.41) is 18.3. The molecule has 1 aromatic rings. The molecular weight excluding hydrogens is 302 g/mol. The Morgan fingerprint density at radius 3 is 2.33 bits per heavy atom. The summed E-state index contributed by atoms with van der Waals surface area (Å²) < 4.78 is 36.4. The van der Waals surface area contributed by atoms with Crippen LogP contribution in [0.5, 0.6) is 11.5 Å². The minimum atomic E-state index is -4.22. The van der Waals surface area contributed by atoms with Gasteiger partial charge in [-0.2, -0.15) is 4.72 Å². The van der Waals surface area contributed by atoms with Crippen LogP contribution in [0.25, 0.3) is 0 Å². The van der Waals surface area contributed by atoms with Gasteiger partial charge in [0.25, 0.3) is 0 Å². The standard InChI is InChI=1S/C12H17NO7S/c1-7(14)11(12(15)16)13-21(17,18)10-6-8(19-2)4-5-9(10)20-3/h4-7,11,13-14H,1-3H3,(H,15,16)/t7-,11+/m1/s1. The first kappa shape index (κ1) is 17.2. The van der Waals surface area contributed by atoms with E-state index in [1.165, 1.54) is 39.3 Å². The zero-order chi connectivity index (χ0) is 16.2. The Hall–Kier alpha value is -1.84. The summed E-state index contributed by atoms with van der Waals surface area (Å²) in [5.41, 5.74) is 0. The average Bonchev–Trinajstić information content (AvgIpc) is 2.43. The summed E-state index contributed by atoms with van der Waals surface area (Å²) in [6.45, 7) is 1.17. The number of aliphatic hydroxyl groups excluding tert-OH is 1. The van der Waals surface area contributed by atoms with Crippen LogP contribution >= 0.6 is 0 Å². The number of carboxylic acid groups (broad SMARTS) is 1. The highest BCUT2D eigenvalue weighted by atomic mass is 32.2. The Labute approximate surface area is 122 Å². The monoisotopic (exact) mass is 319 g/mol. The van der Waals surface area contributed by atoms with Crippen LogP contribution in [0, 0.1) is 0 Å². The normalized spacial score (nSPS) is 14.3. The number of aliphatic carboxylic acids is 1. The Balaban J connectivity index is 3.26. The highest BCUT2D eigenvalue weighted by Crippen LogP contribution is 2.28. The van der Waals surface area contributed by atoms with Crippen LogP contribution in [0.15, 0.2) is 23.1 Å². The zero-order valence-corrected chi connectivity index (χ0v) is 12.5. The number of sulfonamides is 1. The quantitative estimate of drug-likeness (QED) is 0.637. The van der Waals surface area contributed by atoms with Crippen molar-refractivity contribution in [3.63, 3.8) is 0 Å². The van der Waals surface area contributed by atoms with E-state index in [0.717, 1.165) is 0 Å². The molecule has 0 fully saturated rings. The van der Waals surface area contributed by atoms with Gasteiger partial charge in [0.05, 0.1) is 20.3 Å². The van der Waals surface area contributed by atoms with Gasteiger partial charge >= 0.3 is 5.97 Å². The van der Waals surface area contributed by atoms with Gasteiger partial charge in [0.1, 0.15) is 22.4 Å². The summed E-state index contributed by atoms with van der Waals surface area (Å²) in [6.07, 6.45) is -1.41. The van der Waals surface area contributed by atoms with Crippen molar-refractivity contribution in [1.29, 1.82) is 0 Å². The number of nitrogens with one attached hydrogen (secondary N) is 1. The van der Waals surface area contributed by atoms with Gasteiger partial charge in [-0.1, -0.05) is 0 Å². The SMILES string of the molecule is COc1ccc(OC)c(S(=O)(=O)N[C@H](C(=O)O)[C@@H](C)O)c1. The molecule has 118 valence electrons. The molecule has 3 N–H and O–H groups in total. The lowest BCUT2D eigenvalue weighted by Crippen LogP contribution is -2.47. The van der Waals surface area contributed by atoms with Crippen molar-refractivity contribution in [3.8, 4) is 11.5 Å². The van der Waals surface area contributed by atoms with Crippen molar-refractivity contribution in [2.45, 2.75) is 24.0 Å². The summed E-state index contributed by atoms with van der Waals surface area (Å²) in [7, 11) is -1.58. The van der Waals surface area contributed by atoms with E-state index in [2.05, 4.69) is 0 Å². The molecule has 1 aromatic carbocycles. The third-order valence-electron chi connectivity index (χ3n) is 2.69. The average molecular weight is 319 g/mol. The molecule has 1 rings (SSSR count). The summed E-state index contributed by atoms with van der Waals surface area (Å²) in [4.78, 5) is 10.7. The maximum absolute atomic E-state index is 12.3. The summed E-state index contributed by atoms with van der Waals surface area (Å²) in [6, 6.07) is 2.40. The number of hydrogen-bond donors (Lipinski definition) is 3. The fraction of sp³-hybridized carbons (Fsp3) is 0.417. The third kappa shape index (κ3) is 4.06. The van der Waals surface area contributed by atoms with Crippen LogP contribution < -0.4 is 14.2 Å². The molecule has 0 saturated heterocycles. The Morgan fingerprint density at radius 1 is 1.29 bits per heavy atom. The molecule has 0 unspecified atom stereocenters. The second-order valence-corrected chi connectivity index (χ2v) is 5.88. The van der Waals surface area contributed by atoms with Crippen LogP contribution in [-0.2, 0) is 14.8 Å². The number of hydrogen-bond acceptors (Lipinski definition) is 6. The van der Waals surface area contributed by atoms with Crippen LogP contribution in [0.1, 0.15) is 6.92 Å². The molecule has 8 nitrogen and oxygen atoms in total. The highest BCUT2D eigenvalue weighted by molar-refractivity contribution is 7.89. The van der Waals surface area contributed by atoms with Crippen LogP contribution in [0.4, 0.5) is 0 Å². The minimum absolute atomic E-state index is 0.0260. The summed E-state index contributed by atoms with van der Waals surface area (Å²) >= 11 is 0. The Kier molecular flexibility index (Phi) is 5.53. The van der Waals surface area contributed by atoms with Gasteiger partial charge in [-0.05, 0) is 19.1 Å². The van der Waals surface area contributed by atoms with Crippen molar-refractivity contribution < 1.29 is 32.9 Å². The predicted molar refractivity (Wildman–Crippen MR) is 73.0 cm³/mol. The zero-order valence-electron chi connectivity index (χ0n) is 11.7. The maximum Gasteiger partial charge on any atom is 0.324 e. The molecule has 0 saturated carbocycles. The molecule has 0 aromatic heterocycles. The van der Waals surface area contributed by atoms with E-state index < -0.39 is 28.1 Å². The Morgan fingerprint density at radius 2 is 1.90 bits per heavy atom. The molecule has 0 heterocycles.